The van der Waals surface area contributed by atoms with Crippen molar-refractivity contribution in [2.75, 3.05) is 6.79 Å². The van der Waals surface area contributed by atoms with Crippen LogP contribution in [0.5, 0.6) is 11.5 Å². The number of rotatable bonds is 3. The summed E-state index contributed by atoms with van der Waals surface area (Å²) in [5, 5.41) is 10.8. The number of fused-ring (bicyclic) bond motifs is 1. The molecule has 0 atom stereocenters. The second-order valence-electron chi connectivity index (χ2n) is 4.24. The third-order valence-electron chi connectivity index (χ3n) is 2.15. The third-order valence-corrected chi connectivity index (χ3v) is 2.15. The molecule has 5 nitrogen and oxygen atoms in total. The van der Waals surface area contributed by atoms with Crippen molar-refractivity contribution < 1.29 is 19.4 Å². The number of carboxylic acid groups (broad SMARTS) is 1. The minimum atomic E-state index is -0.833. The molecule has 0 fully saturated rings. The highest BCUT2D eigenvalue weighted by molar-refractivity contribution is 5.62. The number of carbonyl (C=O) groups is 1. The Morgan fingerprint density at radius 1 is 1.39 bits per heavy atom. The van der Waals surface area contributed by atoms with E-state index < -0.39 is 5.97 Å². The van der Waals surface area contributed by atoms with Gasteiger partial charge in [-0.2, -0.15) is 0 Å². The van der Waals surface area contributed by atoms with E-state index >= 15 is 0 Å². The van der Waals surface area contributed by atoms with Gasteiger partial charge in [-0.1, -0.05) is 19.9 Å². The van der Waals surface area contributed by atoms with Gasteiger partial charge < -0.3 is 19.9 Å². The van der Waals surface area contributed by atoms with Gasteiger partial charge in [-0.25, -0.2) is 0 Å². The molecular formula is C13H19NO4. The lowest BCUT2D eigenvalue weighted by Crippen LogP contribution is -2.21. The SMILES string of the molecule is CC(=O)O.CC(C)NCc1ccc2c(c1)OCO2. The maximum atomic E-state index is 9.00. The van der Waals surface area contributed by atoms with E-state index in [9.17, 15) is 0 Å². The molecule has 5 heteroatoms. The lowest BCUT2D eigenvalue weighted by atomic mass is 10.2. The Morgan fingerprint density at radius 3 is 2.61 bits per heavy atom. The summed E-state index contributed by atoms with van der Waals surface area (Å²) < 4.78 is 10.5. The molecule has 1 heterocycles. The molecule has 18 heavy (non-hydrogen) atoms. The van der Waals surface area contributed by atoms with Gasteiger partial charge in [-0.15, -0.1) is 0 Å². The van der Waals surface area contributed by atoms with Crippen LogP contribution in [0.3, 0.4) is 0 Å². The van der Waals surface area contributed by atoms with Gasteiger partial charge in [-0.3, -0.25) is 4.79 Å². The third kappa shape index (κ3) is 5.05. The predicted molar refractivity (Wildman–Crippen MR) is 67.9 cm³/mol. The van der Waals surface area contributed by atoms with Crippen LogP contribution in [0.1, 0.15) is 26.3 Å². The number of ether oxygens (including phenoxy) is 2. The summed E-state index contributed by atoms with van der Waals surface area (Å²) in [5.74, 6) is 0.867. The maximum absolute atomic E-state index is 9.00. The van der Waals surface area contributed by atoms with Crippen molar-refractivity contribution in [3.8, 4) is 11.5 Å². The van der Waals surface area contributed by atoms with Crippen LogP contribution in [0, 0.1) is 0 Å². The largest absolute Gasteiger partial charge is 0.481 e. The molecule has 0 radical (unpaired) electrons. The molecule has 0 aromatic heterocycles. The summed E-state index contributed by atoms with van der Waals surface area (Å²) in [7, 11) is 0. The van der Waals surface area contributed by atoms with E-state index in [1.165, 1.54) is 5.56 Å². The molecule has 2 N–H and O–H groups in total. The van der Waals surface area contributed by atoms with Gasteiger partial charge in [0.2, 0.25) is 6.79 Å². The van der Waals surface area contributed by atoms with Crippen LogP contribution in [0.25, 0.3) is 0 Å². The topological polar surface area (TPSA) is 67.8 Å². The monoisotopic (exact) mass is 253 g/mol. The minimum absolute atomic E-state index is 0.344. The van der Waals surface area contributed by atoms with E-state index in [1.54, 1.807) is 0 Å². The Bertz CT molecular complexity index is 400. The van der Waals surface area contributed by atoms with Crippen LogP contribution < -0.4 is 14.8 Å². The molecule has 100 valence electrons. The van der Waals surface area contributed by atoms with Gasteiger partial charge in [0, 0.05) is 19.5 Å². The van der Waals surface area contributed by atoms with Gasteiger partial charge >= 0.3 is 0 Å². The summed E-state index contributed by atoms with van der Waals surface area (Å²) >= 11 is 0. The van der Waals surface area contributed by atoms with E-state index in [0.717, 1.165) is 25.0 Å². The molecular weight excluding hydrogens is 234 g/mol. The number of hydrogen-bond donors (Lipinski definition) is 2. The fourth-order valence-electron chi connectivity index (χ4n) is 1.37. The Labute approximate surface area is 107 Å². The van der Waals surface area contributed by atoms with Crippen LogP contribution in [0.15, 0.2) is 18.2 Å². The zero-order valence-electron chi connectivity index (χ0n) is 10.9. The predicted octanol–water partition coefficient (Wildman–Crippen LogP) is 2.00. The van der Waals surface area contributed by atoms with Crippen molar-refractivity contribution in [2.24, 2.45) is 0 Å². The van der Waals surface area contributed by atoms with Crippen molar-refractivity contribution in [3.63, 3.8) is 0 Å². The highest BCUT2D eigenvalue weighted by atomic mass is 16.7. The molecule has 0 unspecified atom stereocenters. The Hall–Kier alpha value is -1.75. The fourth-order valence-corrected chi connectivity index (χ4v) is 1.37. The molecule has 0 aliphatic carbocycles. The first-order chi connectivity index (χ1) is 8.49. The van der Waals surface area contributed by atoms with Crippen molar-refractivity contribution in [3.05, 3.63) is 23.8 Å². The molecule has 0 spiro atoms. The standard InChI is InChI=1S/C11H15NO2.C2H4O2/c1-8(2)12-6-9-3-4-10-11(5-9)14-7-13-10;1-2(3)4/h3-5,8,12H,6-7H2,1-2H3;1H3,(H,3,4). The highest BCUT2D eigenvalue weighted by Gasteiger charge is 2.12. The van der Waals surface area contributed by atoms with E-state index in [1.807, 2.05) is 12.1 Å². The number of benzene rings is 1. The van der Waals surface area contributed by atoms with E-state index in [0.29, 0.717) is 12.8 Å². The minimum Gasteiger partial charge on any atom is -0.481 e. The molecule has 2 rings (SSSR count). The number of carboxylic acids is 1. The van der Waals surface area contributed by atoms with Crippen molar-refractivity contribution >= 4 is 5.97 Å². The molecule has 0 amide bonds. The number of hydrogen-bond acceptors (Lipinski definition) is 4. The van der Waals surface area contributed by atoms with Gasteiger partial charge in [0.15, 0.2) is 11.5 Å². The summed E-state index contributed by atoms with van der Waals surface area (Å²) in [6, 6.07) is 6.54. The zero-order valence-corrected chi connectivity index (χ0v) is 10.9. The molecule has 1 aliphatic heterocycles. The summed E-state index contributed by atoms with van der Waals surface area (Å²) in [4.78, 5) is 9.00. The summed E-state index contributed by atoms with van der Waals surface area (Å²) in [6.45, 7) is 6.56. The Balaban J connectivity index is 0.000000357. The number of aliphatic carboxylic acids is 1. The zero-order chi connectivity index (χ0) is 13.5. The lowest BCUT2D eigenvalue weighted by molar-refractivity contribution is -0.134. The Kier molecular flexibility index (Phi) is 5.45. The molecule has 1 aliphatic rings. The molecule has 1 aromatic carbocycles. The smallest absolute Gasteiger partial charge is 0.300 e. The normalized spacial score (nSPS) is 12.0. The van der Waals surface area contributed by atoms with Crippen molar-refractivity contribution in [1.29, 1.82) is 0 Å². The fraction of sp³-hybridized carbons (Fsp3) is 0.462. The van der Waals surface area contributed by atoms with Gasteiger partial charge in [0.1, 0.15) is 0 Å². The second-order valence-corrected chi connectivity index (χ2v) is 4.24. The van der Waals surface area contributed by atoms with Gasteiger partial charge in [0.25, 0.3) is 5.97 Å². The molecule has 0 saturated heterocycles. The second kappa shape index (κ2) is 6.86. The van der Waals surface area contributed by atoms with E-state index in [-0.39, 0.29) is 0 Å². The molecule has 0 saturated carbocycles. The lowest BCUT2D eigenvalue weighted by Gasteiger charge is -2.08. The van der Waals surface area contributed by atoms with Crippen molar-refractivity contribution in [1.82, 2.24) is 5.32 Å². The van der Waals surface area contributed by atoms with Crippen LogP contribution in [-0.4, -0.2) is 23.9 Å². The Morgan fingerprint density at radius 2 is 2.00 bits per heavy atom. The number of nitrogens with one attached hydrogen (secondary N) is 1. The van der Waals surface area contributed by atoms with Crippen LogP contribution in [-0.2, 0) is 11.3 Å². The molecule has 0 bridgehead atoms. The van der Waals surface area contributed by atoms with Gasteiger partial charge in [-0.05, 0) is 17.7 Å². The van der Waals surface area contributed by atoms with E-state index in [4.69, 9.17) is 19.4 Å². The first-order valence-corrected chi connectivity index (χ1v) is 5.80. The van der Waals surface area contributed by atoms with Gasteiger partial charge in [0.05, 0.1) is 0 Å². The average molecular weight is 253 g/mol. The van der Waals surface area contributed by atoms with Crippen molar-refractivity contribution in [2.45, 2.75) is 33.4 Å². The van der Waals surface area contributed by atoms with Crippen LogP contribution in [0.2, 0.25) is 0 Å². The maximum Gasteiger partial charge on any atom is 0.300 e. The average Bonchev–Trinajstić information content (AvgIpc) is 2.72. The highest BCUT2D eigenvalue weighted by Crippen LogP contribution is 2.32. The van der Waals surface area contributed by atoms with Crippen LogP contribution >= 0.6 is 0 Å². The van der Waals surface area contributed by atoms with Crippen LogP contribution in [0.4, 0.5) is 0 Å². The van der Waals surface area contributed by atoms with E-state index in [2.05, 4.69) is 25.2 Å². The first kappa shape index (κ1) is 14.3. The summed E-state index contributed by atoms with van der Waals surface area (Å²) in [5.41, 5.74) is 1.22. The quantitative estimate of drug-likeness (QED) is 0.862. The summed E-state index contributed by atoms with van der Waals surface area (Å²) in [6.07, 6.45) is 0. The molecule has 1 aromatic rings. The first-order valence-electron chi connectivity index (χ1n) is 5.80.